The number of aliphatic hydroxyl groups is 1. The van der Waals surface area contributed by atoms with Crippen molar-refractivity contribution < 1.29 is 19.4 Å². The zero-order valence-corrected chi connectivity index (χ0v) is 13.1. The first-order valence-electron chi connectivity index (χ1n) is 6.61. The Bertz CT molecular complexity index is 512. The summed E-state index contributed by atoms with van der Waals surface area (Å²) in [5, 5.41) is 9.93. The summed E-state index contributed by atoms with van der Waals surface area (Å²) in [6.45, 7) is 2.46. The van der Waals surface area contributed by atoms with Crippen molar-refractivity contribution in [2.75, 3.05) is 26.4 Å². The number of rotatable bonds is 4. The van der Waals surface area contributed by atoms with Gasteiger partial charge >= 0.3 is 0 Å². The first-order valence-corrected chi connectivity index (χ1v) is 7.36. The molecule has 1 fully saturated rings. The number of morpholine rings is 1. The van der Waals surface area contributed by atoms with Crippen molar-refractivity contribution in [1.29, 1.82) is 0 Å². The number of benzene rings is 1. The lowest BCUT2D eigenvalue weighted by atomic mass is 10.2. The van der Waals surface area contributed by atoms with Crippen molar-refractivity contribution in [2.45, 2.75) is 19.1 Å². The van der Waals surface area contributed by atoms with E-state index in [1.54, 1.807) is 23.1 Å². The Morgan fingerprint density at radius 1 is 1.48 bits per heavy atom. The maximum absolute atomic E-state index is 12.2. The fraction of sp³-hybridized carbons (Fsp3) is 0.500. The van der Waals surface area contributed by atoms with Crippen LogP contribution in [0.3, 0.4) is 0 Å². The van der Waals surface area contributed by atoms with Gasteiger partial charge in [-0.05, 0) is 19.1 Å². The van der Waals surface area contributed by atoms with Gasteiger partial charge in [0.1, 0.15) is 5.75 Å². The lowest BCUT2D eigenvalue weighted by molar-refractivity contribution is -0.148. The highest BCUT2D eigenvalue weighted by Gasteiger charge is 2.29. The highest BCUT2D eigenvalue weighted by Crippen LogP contribution is 2.26. The molecule has 2 rings (SSSR count). The second-order valence-corrected chi connectivity index (χ2v) is 5.71. The number of ether oxygens (including phenoxy) is 2. The molecule has 1 aliphatic heterocycles. The molecular weight excluding hydrogens is 317 g/mol. The standard InChI is InChI=1S/C14H17Cl2NO4/c1-9-7-20-11(6-18)5-17(9)14(19)8-21-10-2-3-12(15)13(16)4-10/h2-4,9,11,18H,5-8H2,1H3. The molecule has 1 aromatic rings. The van der Waals surface area contributed by atoms with E-state index in [0.717, 1.165) is 0 Å². The van der Waals surface area contributed by atoms with E-state index in [2.05, 4.69) is 0 Å². The third-order valence-electron chi connectivity index (χ3n) is 3.28. The van der Waals surface area contributed by atoms with Gasteiger partial charge in [0.2, 0.25) is 0 Å². The van der Waals surface area contributed by atoms with Gasteiger partial charge in [0.25, 0.3) is 5.91 Å². The molecule has 21 heavy (non-hydrogen) atoms. The smallest absolute Gasteiger partial charge is 0.260 e. The normalized spacial score (nSPS) is 22.2. The van der Waals surface area contributed by atoms with Gasteiger partial charge in [0.05, 0.1) is 35.4 Å². The number of halogens is 2. The van der Waals surface area contributed by atoms with Crippen LogP contribution in [-0.2, 0) is 9.53 Å². The van der Waals surface area contributed by atoms with Crippen molar-refractivity contribution in [1.82, 2.24) is 4.90 Å². The minimum absolute atomic E-state index is 0.0438. The Labute approximate surface area is 133 Å². The van der Waals surface area contributed by atoms with Gasteiger partial charge in [-0.1, -0.05) is 23.2 Å². The summed E-state index contributed by atoms with van der Waals surface area (Å²) in [7, 11) is 0. The Morgan fingerprint density at radius 2 is 2.24 bits per heavy atom. The summed E-state index contributed by atoms with van der Waals surface area (Å²) >= 11 is 11.7. The zero-order chi connectivity index (χ0) is 15.4. The molecule has 2 atom stereocenters. The maximum Gasteiger partial charge on any atom is 0.260 e. The number of carbonyl (C=O) groups is 1. The van der Waals surface area contributed by atoms with E-state index in [1.807, 2.05) is 6.92 Å². The molecule has 0 radical (unpaired) electrons. The molecule has 1 heterocycles. The molecule has 1 saturated heterocycles. The van der Waals surface area contributed by atoms with E-state index in [-0.39, 0.29) is 31.3 Å². The second-order valence-electron chi connectivity index (χ2n) is 4.90. The molecule has 1 amide bonds. The van der Waals surface area contributed by atoms with E-state index in [0.29, 0.717) is 28.9 Å². The number of aliphatic hydroxyl groups excluding tert-OH is 1. The fourth-order valence-corrected chi connectivity index (χ4v) is 2.36. The summed E-state index contributed by atoms with van der Waals surface area (Å²) in [5.41, 5.74) is 0. The molecule has 0 aliphatic carbocycles. The predicted molar refractivity (Wildman–Crippen MR) is 80.0 cm³/mol. The molecule has 0 aromatic heterocycles. The van der Waals surface area contributed by atoms with Crippen LogP contribution in [0.4, 0.5) is 0 Å². The third kappa shape index (κ3) is 4.23. The molecule has 2 unspecified atom stereocenters. The minimum Gasteiger partial charge on any atom is -0.484 e. The molecule has 0 spiro atoms. The van der Waals surface area contributed by atoms with E-state index in [9.17, 15) is 4.79 Å². The first kappa shape index (κ1) is 16.4. The van der Waals surface area contributed by atoms with E-state index in [4.69, 9.17) is 37.8 Å². The van der Waals surface area contributed by atoms with Crippen LogP contribution >= 0.6 is 23.2 Å². The van der Waals surface area contributed by atoms with E-state index >= 15 is 0 Å². The van der Waals surface area contributed by atoms with Crippen LogP contribution in [0.25, 0.3) is 0 Å². The number of hydrogen-bond donors (Lipinski definition) is 1. The van der Waals surface area contributed by atoms with Gasteiger partial charge in [-0.2, -0.15) is 0 Å². The van der Waals surface area contributed by atoms with Crippen molar-refractivity contribution in [3.05, 3.63) is 28.2 Å². The van der Waals surface area contributed by atoms with Crippen LogP contribution in [0.5, 0.6) is 5.75 Å². The second kappa shape index (κ2) is 7.31. The fourth-order valence-electron chi connectivity index (χ4n) is 2.07. The first-order chi connectivity index (χ1) is 10.0. The third-order valence-corrected chi connectivity index (χ3v) is 4.02. The van der Waals surface area contributed by atoms with Crippen LogP contribution in [0.1, 0.15) is 6.92 Å². The molecule has 1 aliphatic rings. The van der Waals surface area contributed by atoms with Gasteiger partial charge in [-0.25, -0.2) is 0 Å². The quantitative estimate of drug-likeness (QED) is 0.915. The summed E-state index contributed by atoms with van der Waals surface area (Å²) < 4.78 is 10.8. The van der Waals surface area contributed by atoms with Gasteiger partial charge < -0.3 is 19.5 Å². The SMILES string of the molecule is CC1COC(CO)CN1C(=O)COc1ccc(Cl)c(Cl)c1. The van der Waals surface area contributed by atoms with Gasteiger partial charge in [-0.3, -0.25) is 4.79 Å². The lowest BCUT2D eigenvalue weighted by Crippen LogP contribution is -2.53. The molecule has 1 N–H and O–H groups in total. The van der Waals surface area contributed by atoms with Crippen molar-refractivity contribution >= 4 is 29.1 Å². The van der Waals surface area contributed by atoms with Crippen LogP contribution < -0.4 is 4.74 Å². The average molecular weight is 334 g/mol. The van der Waals surface area contributed by atoms with Gasteiger partial charge in [0, 0.05) is 12.6 Å². The Hall–Kier alpha value is -1.01. The number of carbonyl (C=O) groups excluding carboxylic acids is 1. The summed E-state index contributed by atoms with van der Waals surface area (Å²) in [6.07, 6.45) is -0.338. The summed E-state index contributed by atoms with van der Waals surface area (Å²) in [4.78, 5) is 13.9. The Morgan fingerprint density at radius 3 is 2.90 bits per heavy atom. The molecular formula is C14H17Cl2NO4. The zero-order valence-electron chi connectivity index (χ0n) is 11.6. The predicted octanol–water partition coefficient (Wildman–Crippen LogP) is 1.98. The summed E-state index contributed by atoms with van der Waals surface area (Å²) in [6, 6.07) is 4.79. The molecule has 116 valence electrons. The minimum atomic E-state index is -0.338. The van der Waals surface area contributed by atoms with E-state index < -0.39 is 0 Å². The largest absolute Gasteiger partial charge is 0.484 e. The van der Waals surface area contributed by atoms with Crippen LogP contribution in [0, 0.1) is 0 Å². The molecule has 7 heteroatoms. The van der Waals surface area contributed by atoms with Gasteiger partial charge in [-0.15, -0.1) is 0 Å². The number of nitrogens with zero attached hydrogens (tertiary/aromatic N) is 1. The molecule has 0 saturated carbocycles. The average Bonchev–Trinajstić information content (AvgIpc) is 2.48. The van der Waals surface area contributed by atoms with Crippen molar-refractivity contribution in [2.24, 2.45) is 0 Å². The van der Waals surface area contributed by atoms with Gasteiger partial charge in [0.15, 0.2) is 6.61 Å². The van der Waals surface area contributed by atoms with E-state index in [1.165, 1.54) is 0 Å². The molecule has 0 bridgehead atoms. The number of hydrogen-bond acceptors (Lipinski definition) is 4. The topological polar surface area (TPSA) is 59.0 Å². The number of amides is 1. The Kier molecular flexibility index (Phi) is 5.70. The molecule has 5 nitrogen and oxygen atoms in total. The van der Waals surface area contributed by atoms with Crippen LogP contribution in [0.15, 0.2) is 18.2 Å². The van der Waals surface area contributed by atoms with Crippen LogP contribution in [0.2, 0.25) is 10.0 Å². The Balaban J connectivity index is 1.92. The van der Waals surface area contributed by atoms with Crippen LogP contribution in [-0.4, -0.2) is 54.4 Å². The molecule has 1 aromatic carbocycles. The van der Waals surface area contributed by atoms with Crippen molar-refractivity contribution in [3.63, 3.8) is 0 Å². The monoisotopic (exact) mass is 333 g/mol. The lowest BCUT2D eigenvalue weighted by Gasteiger charge is -2.37. The highest BCUT2D eigenvalue weighted by molar-refractivity contribution is 6.42. The highest BCUT2D eigenvalue weighted by atomic mass is 35.5. The van der Waals surface area contributed by atoms with Crippen molar-refractivity contribution in [3.8, 4) is 5.75 Å². The maximum atomic E-state index is 12.2. The summed E-state index contributed by atoms with van der Waals surface area (Å²) in [5.74, 6) is 0.327.